The standard InChI is InChI=1S/C14H13N2S2/c1-16-11-8-9-18-12(11)14(17-2)15-13(16)10-6-4-3-5-7-10/h3-9H,1-2H3/q+1. The van der Waals surface area contributed by atoms with E-state index in [0.717, 1.165) is 16.4 Å². The largest absolute Gasteiger partial charge is 0.331 e. The third-order valence-electron chi connectivity index (χ3n) is 2.95. The summed E-state index contributed by atoms with van der Waals surface area (Å²) in [4.78, 5) is 4.80. The van der Waals surface area contributed by atoms with Gasteiger partial charge < -0.3 is 0 Å². The molecule has 0 aliphatic rings. The summed E-state index contributed by atoms with van der Waals surface area (Å²) in [6.45, 7) is 0. The minimum absolute atomic E-state index is 1.02. The first-order valence-electron chi connectivity index (χ1n) is 5.68. The van der Waals surface area contributed by atoms with Gasteiger partial charge in [-0.25, -0.2) is 4.57 Å². The molecule has 2 heterocycles. The van der Waals surface area contributed by atoms with Crippen LogP contribution >= 0.6 is 23.1 Å². The summed E-state index contributed by atoms with van der Waals surface area (Å²) >= 11 is 3.46. The Kier molecular flexibility index (Phi) is 3.06. The molecule has 18 heavy (non-hydrogen) atoms. The molecule has 0 saturated heterocycles. The van der Waals surface area contributed by atoms with E-state index in [1.807, 2.05) is 18.2 Å². The van der Waals surface area contributed by atoms with E-state index in [1.165, 1.54) is 10.2 Å². The van der Waals surface area contributed by atoms with Crippen molar-refractivity contribution in [3.05, 3.63) is 41.8 Å². The number of nitrogens with zero attached hydrogens (tertiary/aromatic N) is 2. The van der Waals surface area contributed by atoms with Gasteiger partial charge in [-0.2, -0.15) is 0 Å². The van der Waals surface area contributed by atoms with Crippen LogP contribution in [0.3, 0.4) is 0 Å². The lowest BCUT2D eigenvalue weighted by Gasteiger charge is -2.02. The van der Waals surface area contributed by atoms with Crippen LogP contribution in [-0.4, -0.2) is 11.2 Å². The van der Waals surface area contributed by atoms with Crippen molar-refractivity contribution in [3.63, 3.8) is 0 Å². The first-order valence-corrected chi connectivity index (χ1v) is 7.78. The summed E-state index contributed by atoms with van der Waals surface area (Å²) < 4.78 is 3.44. The molecule has 0 unspecified atom stereocenters. The van der Waals surface area contributed by atoms with E-state index in [-0.39, 0.29) is 0 Å². The van der Waals surface area contributed by atoms with E-state index in [0.29, 0.717) is 0 Å². The molecular weight excluding hydrogens is 260 g/mol. The number of aromatic nitrogens is 2. The van der Waals surface area contributed by atoms with Gasteiger partial charge in [0.15, 0.2) is 0 Å². The molecule has 0 amide bonds. The Balaban J connectivity index is 2.33. The minimum atomic E-state index is 1.02. The average molecular weight is 273 g/mol. The summed E-state index contributed by atoms with van der Waals surface area (Å²) in [5.41, 5.74) is 2.40. The number of aryl methyl sites for hydroxylation is 1. The number of hydrogen-bond donors (Lipinski definition) is 0. The fourth-order valence-electron chi connectivity index (χ4n) is 2.05. The molecule has 2 nitrogen and oxygen atoms in total. The Morgan fingerprint density at radius 1 is 1.17 bits per heavy atom. The van der Waals surface area contributed by atoms with Crippen molar-refractivity contribution in [2.24, 2.45) is 7.05 Å². The number of rotatable bonds is 2. The average Bonchev–Trinajstić information content (AvgIpc) is 2.90. The fourth-order valence-corrected chi connectivity index (χ4v) is 3.71. The number of thioether (sulfide) groups is 1. The van der Waals surface area contributed by atoms with Crippen LogP contribution in [0.25, 0.3) is 21.6 Å². The van der Waals surface area contributed by atoms with Gasteiger partial charge in [-0.05, 0) is 34.8 Å². The molecule has 1 aromatic carbocycles. The Labute approximate surface area is 114 Å². The second-order valence-corrected chi connectivity index (χ2v) is 5.72. The maximum atomic E-state index is 4.80. The van der Waals surface area contributed by atoms with Crippen LogP contribution < -0.4 is 4.57 Å². The topological polar surface area (TPSA) is 16.8 Å². The predicted octanol–water partition coefficient (Wildman–Crippen LogP) is 3.51. The van der Waals surface area contributed by atoms with Crippen molar-refractivity contribution in [1.29, 1.82) is 0 Å². The molecule has 3 aromatic rings. The highest BCUT2D eigenvalue weighted by molar-refractivity contribution is 7.98. The SMILES string of the molecule is CSc1nc(-c2ccccc2)[n+](C)c2ccsc12. The molecule has 0 radical (unpaired) electrons. The number of fused-ring (bicyclic) bond motifs is 1. The zero-order chi connectivity index (χ0) is 12.5. The number of benzene rings is 1. The van der Waals surface area contributed by atoms with Gasteiger partial charge in [0.05, 0.1) is 12.6 Å². The van der Waals surface area contributed by atoms with Gasteiger partial charge in [0.2, 0.25) is 5.03 Å². The minimum Gasteiger partial charge on any atom is -0.225 e. The van der Waals surface area contributed by atoms with Crippen LogP contribution in [0.4, 0.5) is 0 Å². The van der Waals surface area contributed by atoms with Crippen molar-refractivity contribution >= 4 is 33.3 Å². The van der Waals surface area contributed by atoms with E-state index in [4.69, 9.17) is 4.98 Å². The Morgan fingerprint density at radius 2 is 1.94 bits per heavy atom. The highest BCUT2D eigenvalue weighted by Gasteiger charge is 2.21. The molecule has 0 saturated carbocycles. The smallest absolute Gasteiger partial charge is 0.225 e. The molecule has 0 bridgehead atoms. The molecule has 4 heteroatoms. The van der Waals surface area contributed by atoms with Gasteiger partial charge in [-0.15, -0.1) is 11.3 Å². The summed E-state index contributed by atoms with van der Waals surface area (Å²) in [5.74, 6) is 1.02. The molecule has 2 aromatic heterocycles. The lowest BCUT2D eigenvalue weighted by molar-refractivity contribution is -0.636. The van der Waals surface area contributed by atoms with Gasteiger partial charge in [-0.3, -0.25) is 0 Å². The zero-order valence-corrected chi connectivity index (χ0v) is 11.9. The molecule has 0 atom stereocenters. The monoisotopic (exact) mass is 273 g/mol. The normalized spacial score (nSPS) is 11.0. The Hall–Kier alpha value is -1.39. The highest BCUT2D eigenvalue weighted by Crippen LogP contribution is 2.29. The molecule has 0 aliphatic heterocycles. The van der Waals surface area contributed by atoms with E-state index in [2.05, 4.69) is 41.4 Å². The van der Waals surface area contributed by atoms with Gasteiger partial charge in [0.1, 0.15) is 10.2 Å². The van der Waals surface area contributed by atoms with Gasteiger partial charge in [-0.1, -0.05) is 30.0 Å². The quantitative estimate of drug-likeness (QED) is 0.404. The van der Waals surface area contributed by atoms with Crippen molar-refractivity contribution < 1.29 is 4.57 Å². The second-order valence-electron chi connectivity index (χ2n) is 4.00. The summed E-state index contributed by atoms with van der Waals surface area (Å²) in [7, 11) is 2.08. The molecule has 3 rings (SSSR count). The van der Waals surface area contributed by atoms with Crippen LogP contribution in [0.1, 0.15) is 0 Å². The van der Waals surface area contributed by atoms with E-state index in [1.54, 1.807) is 23.1 Å². The molecular formula is C14H13N2S2+. The maximum absolute atomic E-state index is 4.80. The first kappa shape index (κ1) is 11.7. The molecule has 0 aliphatic carbocycles. The van der Waals surface area contributed by atoms with Crippen molar-refractivity contribution in [2.45, 2.75) is 5.03 Å². The number of thiophene rings is 1. The predicted molar refractivity (Wildman–Crippen MR) is 78.0 cm³/mol. The van der Waals surface area contributed by atoms with E-state index in [9.17, 15) is 0 Å². The highest BCUT2D eigenvalue weighted by atomic mass is 32.2. The van der Waals surface area contributed by atoms with Crippen LogP contribution in [0.2, 0.25) is 0 Å². The maximum Gasteiger partial charge on any atom is 0.331 e. The van der Waals surface area contributed by atoms with Crippen molar-refractivity contribution in [1.82, 2.24) is 4.98 Å². The van der Waals surface area contributed by atoms with Crippen LogP contribution in [0, 0.1) is 0 Å². The van der Waals surface area contributed by atoms with Crippen LogP contribution in [-0.2, 0) is 7.05 Å². The molecule has 0 N–H and O–H groups in total. The van der Waals surface area contributed by atoms with Gasteiger partial charge in [0, 0.05) is 0 Å². The lowest BCUT2D eigenvalue weighted by Crippen LogP contribution is -2.33. The van der Waals surface area contributed by atoms with Crippen molar-refractivity contribution in [2.75, 3.05) is 6.26 Å². The summed E-state index contributed by atoms with van der Waals surface area (Å²) in [5, 5.41) is 3.23. The molecule has 90 valence electrons. The third kappa shape index (κ3) is 1.82. The number of hydrogen-bond acceptors (Lipinski definition) is 3. The lowest BCUT2D eigenvalue weighted by atomic mass is 10.2. The van der Waals surface area contributed by atoms with E-state index >= 15 is 0 Å². The zero-order valence-electron chi connectivity index (χ0n) is 10.3. The molecule has 0 fully saturated rings. The van der Waals surface area contributed by atoms with Crippen LogP contribution in [0.5, 0.6) is 0 Å². The van der Waals surface area contributed by atoms with Gasteiger partial charge in [0.25, 0.3) is 0 Å². The third-order valence-corrected chi connectivity index (χ3v) is 4.67. The first-order chi connectivity index (χ1) is 8.81. The summed E-state index contributed by atoms with van der Waals surface area (Å²) in [6, 6.07) is 12.5. The van der Waals surface area contributed by atoms with Gasteiger partial charge >= 0.3 is 5.82 Å². The second kappa shape index (κ2) is 4.71. The fraction of sp³-hybridized carbons (Fsp3) is 0.143. The van der Waals surface area contributed by atoms with Crippen LogP contribution in [0.15, 0.2) is 46.8 Å². The van der Waals surface area contributed by atoms with E-state index < -0.39 is 0 Å². The van der Waals surface area contributed by atoms with Crippen molar-refractivity contribution in [3.8, 4) is 11.4 Å². The molecule has 0 spiro atoms. The Morgan fingerprint density at radius 3 is 2.67 bits per heavy atom. The summed E-state index contributed by atoms with van der Waals surface area (Å²) in [6.07, 6.45) is 2.08. The Bertz CT molecular complexity index is 690.